The summed E-state index contributed by atoms with van der Waals surface area (Å²) in [6.45, 7) is 2.44. The molecule has 1 atom stereocenters. The van der Waals surface area contributed by atoms with E-state index in [0.29, 0.717) is 17.4 Å². The Balaban J connectivity index is 2.06. The van der Waals surface area contributed by atoms with Crippen molar-refractivity contribution >= 4 is 11.6 Å². The average Bonchev–Trinajstić information content (AvgIpc) is 2.38. The van der Waals surface area contributed by atoms with E-state index in [9.17, 15) is 0 Å². The Morgan fingerprint density at radius 3 is 2.50 bits per heavy atom. The average molecular weight is 262 g/mol. The minimum absolute atomic E-state index is 0.0225. The van der Waals surface area contributed by atoms with Gasteiger partial charge in [0.05, 0.1) is 5.02 Å². The molecular weight excluding hydrogens is 246 g/mol. The number of halogens is 1. The second-order valence-electron chi connectivity index (χ2n) is 4.25. The van der Waals surface area contributed by atoms with E-state index in [1.165, 1.54) is 0 Å². The third-order valence-electron chi connectivity index (χ3n) is 2.72. The molecule has 2 aromatic carbocycles. The van der Waals surface area contributed by atoms with Crippen LogP contribution < -0.4 is 10.5 Å². The van der Waals surface area contributed by atoms with E-state index in [0.717, 1.165) is 11.1 Å². The first-order valence-corrected chi connectivity index (χ1v) is 6.26. The molecule has 0 unspecified atom stereocenters. The zero-order valence-corrected chi connectivity index (χ0v) is 11.0. The van der Waals surface area contributed by atoms with Crippen molar-refractivity contribution in [3.63, 3.8) is 0 Å². The fraction of sp³-hybridized carbons (Fsp3) is 0.200. The quantitative estimate of drug-likeness (QED) is 0.905. The van der Waals surface area contributed by atoms with Crippen molar-refractivity contribution in [1.82, 2.24) is 0 Å². The van der Waals surface area contributed by atoms with E-state index in [2.05, 4.69) is 0 Å². The van der Waals surface area contributed by atoms with Crippen molar-refractivity contribution in [3.8, 4) is 5.75 Å². The van der Waals surface area contributed by atoms with Gasteiger partial charge >= 0.3 is 0 Å². The molecule has 0 heterocycles. The Labute approximate surface area is 112 Å². The fourth-order valence-corrected chi connectivity index (χ4v) is 1.90. The molecule has 0 aromatic heterocycles. The van der Waals surface area contributed by atoms with Crippen molar-refractivity contribution in [2.75, 3.05) is 0 Å². The molecule has 0 spiro atoms. The van der Waals surface area contributed by atoms with Crippen LogP contribution >= 0.6 is 11.6 Å². The summed E-state index contributed by atoms with van der Waals surface area (Å²) in [4.78, 5) is 0. The summed E-state index contributed by atoms with van der Waals surface area (Å²) in [7, 11) is 0. The first kappa shape index (κ1) is 12.9. The van der Waals surface area contributed by atoms with Crippen molar-refractivity contribution < 1.29 is 4.74 Å². The van der Waals surface area contributed by atoms with Crippen LogP contribution in [0.3, 0.4) is 0 Å². The molecule has 2 aromatic rings. The van der Waals surface area contributed by atoms with Crippen LogP contribution in [0.5, 0.6) is 5.75 Å². The third kappa shape index (κ3) is 3.25. The van der Waals surface area contributed by atoms with Crippen LogP contribution in [-0.2, 0) is 6.61 Å². The van der Waals surface area contributed by atoms with E-state index in [-0.39, 0.29) is 6.04 Å². The minimum Gasteiger partial charge on any atom is -0.487 e. The molecular formula is C15H16ClNO. The van der Waals surface area contributed by atoms with Gasteiger partial charge in [-0.2, -0.15) is 0 Å². The highest BCUT2D eigenvalue weighted by atomic mass is 35.5. The summed E-state index contributed by atoms with van der Waals surface area (Å²) in [6, 6.07) is 15.6. The predicted octanol–water partition coefficient (Wildman–Crippen LogP) is 3.94. The monoisotopic (exact) mass is 261 g/mol. The van der Waals surface area contributed by atoms with Crippen molar-refractivity contribution in [3.05, 3.63) is 64.7 Å². The third-order valence-corrected chi connectivity index (χ3v) is 3.01. The van der Waals surface area contributed by atoms with Crippen LogP contribution in [0.1, 0.15) is 24.1 Å². The molecule has 94 valence electrons. The fourth-order valence-electron chi connectivity index (χ4n) is 1.65. The van der Waals surface area contributed by atoms with E-state index in [1.807, 2.05) is 55.5 Å². The predicted molar refractivity (Wildman–Crippen MR) is 74.8 cm³/mol. The van der Waals surface area contributed by atoms with Gasteiger partial charge in [-0.1, -0.05) is 48.0 Å². The van der Waals surface area contributed by atoms with Crippen LogP contribution in [0.15, 0.2) is 48.5 Å². The number of ether oxygens (including phenoxy) is 1. The smallest absolute Gasteiger partial charge is 0.138 e. The SMILES string of the molecule is C[C@@H](N)c1ccc(OCc2ccccc2)c(Cl)c1. The molecule has 0 bridgehead atoms. The molecule has 0 aliphatic carbocycles. The lowest BCUT2D eigenvalue weighted by Gasteiger charge is -2.11. The zero-order valence-electron chi connectivity index (χ0n) is 10.3. The van der Waals surface area contributed by atoms with Crippen molar-refractivity contribution in [1.29, 1.82) is 0 Å². The first-order valence-electron chi connectivity index (χ1n) is 5.88. The molecule has 0 saturated carbocycles. The summed E-state index contributed by atoms with van der Waals surface area (Å²) >= 11 is 6.16. The second-order valence-corrected chi connectivity index (χ2v) is 4.66. The lowest BCUT2D eigenvalue weighted by atomic mass is 10.1. The van der Waals surface area contributed by atoms with Gasteiger partial charge in [-0.25, -0.2) is 0 Å². The number of hydrogen-bond acceptors (Lipinski definition) is 2. The summed E-state index contributed by atoms with van der Waals surface area (Å²) in [6.07, 6.45) is 0. The van der Waals surface area contributed by atoms with E-state index in [4.69, 9.17) is 22.1 Å². The Hall–Kier alpha value is -1.51. The molecule has 18 heavy (non-hydrogen) atoms. The van der Waals surface area contributed by atoms with Crippen LogP contribution in [0.4, 0.5) is 0 Å². The van der Waals surface area contributed by atoms with Crippen LogP contribution in [-0.4, -0.2) is 0 Å². The molecule has 3 heteroatoms. The van der Waals surface area contributed by atoms with Gasteiger partial charge < -0.3 is 10.5 Å². The summed E-state index contributed by atoms with van der Waals surface area (Å²) in [5.74, 6) is 0.685. The van der Waals surface area contributed by atoms with Crippen LogP contribution in [0.2, 0.25) is 5.02 Å². The molecule has 0 radical (unpaired) electrons. The maximum Gasteiger partial charge on any atom is 0.138 e. The van der Waals surface area contributed by atoms with Gasteiger partial charge in [0, 0.05) is 6.04 Å². The largest absolute Gasteiger partial charge is 0.487 e. The Bertz CT molecular complexity index is 511. The maximum absolute atomic E-state index is 6.16. The Morgan fingerprint density at radius 1 is 1.17 bits per heavy atom. The lowest BCUT2D eigenvalue weighted by Crippen LogP contribution is -2.05. The van der Waals surface area contributed by atoms with Gasteiger partial charge in [-0.05, 0) is 30.2 Å². The highest BCUT2D eigenvalue weighted by Crippen LogP contribution is 2.27. The van der Waals surface area contributed by atoms with Gasteiger partial charge in [0.15, 0.2) is 0 Å². The van der Waals surface area contributed by atoms with Gasteiger partial charge in [-0.15, -0.1) is 0 Å². The molecule has 0 fully saturated rings. The van der Waals surface area contributed by atoms with E-state index in [1.54, 1.807) is 0 Å². The normalized spacial score (nSPS) is 12.2. The lowest BCUT2D eigenvalue weighted by molar-refractivity contribution is 0.306. The number of rotatable bonds is 4. The molecule has 0 aliphatic heterocycles. The van der Waals surface area contributed by atoms with Gasteiger partial charge in [-0.3, -0.25) is 0 Å². The van der Waals surface area contributed by atoms with Crippen LogP contribution in [0.25, 0.3) is 0 Å². The molecule has 2 nitrogen and oxygen atoms in total. The Morgan fingerprint density at radius 2 is 1.89 bits per heavy atom. The van der Waals surface area contributed by atoms with E-state index >= 15 is 0 Å². The Kier molecular flexibility index (Phi) is 4.24. The number of nitrogens with two attached hydrogens (primary N) is 1. The van der Waals surface area contributed by atoms with Gasteiger partial charge in [0.1, 0.15) is 12.4 Å². The molecule has 2 N–H and O–H groups in total. The molecule has 0 aliphatic rings. The topological polar surface area (TPSA) is 35.2 Å². The standard InChI is InChI=1S/C15H16ClNO/c1-11(17)13-7-8-15(14(16)9-13)18-10-12-5-3-2-4-6-12/h2-9,11H,10,17H2,1H3/t11-/m1/s1. The maximum atomic E-state index is 6.16. The minimum atomic E-state index is -0.0225. The van der Waals surface area contributed by atoms with Crippen LogP contribution in [0, 0.1) is 0 Å². The molecule has 2 rings (SSSR count). The zero-order chi connectivity index (χ0) is 13.0. The highest BCUT2D eigenvalue weighted by molar-refractivity contribution is 6.32. The van der Waals surface area contributed by atoms with Gasteiger partial charge in [0.25, 0.3) is 0 Å². The molecule has 0 amide bonds. The first-order chi connectivity index (χ1) is 8.66. The summed E-state index contributed by atoms with van der Waals surface area (Å²) < 4.78 is 5.68. The second kappa shape index (κ2) is 5.89. The van der Waals surface area contributed by atoms with Crippen molar-refractivity contribution in [2.45, 2.75) is 19.6 Å². The number of hydrogen-bond donors (Lipinski definition) is 1. The highest BCUT2D eigenvalue weighted by Gasteiger charge is 2.06. The summed E-state index contributed by atoms with van der Waals surface area (Å²) in [5.41, 5.74) is 7.92. The summed E-state index contributed by atoms with van der Waals surface area (Å²) in [5, 5.41) is 0.598. The molecule has 0 saturated heterocycles. The van der Waals surface area contributed by atoms with E-state index < -0.39 is 0 Å². The van der Waals surface area contributed by atoms with Crippen molar-refractivity contribution in [2.24, 2.45) is 5.73 Å². The number of benzene rings is 2. The van der Waals surface area contributed by atoms with Gasteiger partial charge in [0.2, 0.25) is 0 Å².